The van der Waals surface area contributed by atoms with Crippen LogP contribution in [-0.2, 0) is 6.54 Å². The van der Waals surface area contributed by atoms with E-state index in [1.807, 2.05) is 12.1 Å². The van der Waals surface area contributed by atoms with Gasteiger partial charge in [-0.1, -0.05) is 17.7 Å². The number of rotatable bonds is 3. The van der Waals surface area contributed by atoms with E-state index in [1.54, 1.807) is 35.6 Å². The third-order valence-electron chi connectivity index (χ3n) is 2.13. The van der Waals surface area contributed by atoms with Gasteiger partial charge in [0, 0.05) is 15.6 Å². The van der Waals surface area contributed by atoms with E-state index in [9.17, 15) is 4.79 Å². The lowest BCUT2D eigenvalue weighted by Gasteiger charge is -2.06. The van der Waals surface area contributed by atoms with Crippen molar-refractivity contribution in [1.29, 1.82) is 0 Å². The summed E-state index contributed by atoms with van der Waals surface area (Å²) in [5, 5.41) is 6.09. The van der Waals surface area contributed by atoms with Crippen molar-refractivity contribution in [3.8, 4) is 0 Å². The first kappa shape index (κ1) is 13.4. The first-order chi connectivity index (χ1) is 8.63. The molecule has 6 heteroatoms. The lowest BCUT2D eigenvalue weighted by molar-refractivity contribution is 0.252. The molecule has 2 amide bonds. The van der Waals surface area contributed by atoms with Crippen LogP contribution >= 0.6 is 38.9 Å². The number of hydrogen-bond donors (Lipinski definition) is 2. The third kappa shape index (κ3) is 4.01. The lowest BCUT2D eigenvalue weighted by Crippen LogP contribution is -2.27. The summed E-state index contributed by atoms with van der Waals surface area (Å²) in [6.07, 6.45) is 0. The molecule has 2 aromatic rings. The molecule has 3 nitrogen and oxygen atoms in total. The minimum Gasteiger partial charge on any atom is -0.333 e. The van der Waals surface area contributed by atoms with Crippen molar-refractivity contribution in [2.45, 2.75) is 6.54 Å². The van der Waals surface area contributed by atoms with Crippen molar-refractivity contribution in [3.05, 3.63) is 50.1 Å². The van der Waals surface area contributed by atoms with Crippen LogP contribution in [0.2, 0.25) is 5.02 Å². The van der Waals surface area contributed by atoms with E-state index in [-0.39, 0.29) is 6.03 Å². The molecule has 0 radical (unpaired) electrons. The van der Waals surface area contributed by atoms with Crippen molar-refractivity contribution >= 4 is 50.6 Å². The van der Waals surface area contributed by atoms with Gasteiger partial charge in [0.1, 0.15) is 0 Å². The summed E-state index contributed by atoms with van der Waals surface area (Å²) in [4.78, 5) is 12.7. The van der Waals surface area contributed by atoms with Crippen molar-refractivity contribution in [2.24, 2.45) is 0 Å². The summed E-state index contributed by atoms with van der Waals surface area (Å²) in [6, 6.07) is 10.7. The second-order valence-corrected chi connectivity index (χ2v) is 6.51. The van der Waals surface area contributed by atoms with Crippen LogP contribution in [0.5, 0.6) is 0 Å². The molecule has 0 unspecified atom stereocenters. The van der Waals surface area contributed by atoms with Gasteiger partial charge in [0.15, 0.2) is 0 Å². The Hall–Kier alpha value is -1.04. The quantitative estimate of drug-likeness (QED) is 0.845. The molecule has 0 saturated heterocycles. The van der Waals surface area contributed by atoms with Crippen molar-refractivity contribution in [3.63, 3.8) is 0 Å². The smallest absolute Gasteiger partial charge is 0.319 e. The highest BCUT2D eigenvalue weighted by molar-refractivity contribution is 9.11. The molecular weight excluding hydrogens is 336 g/mol. The van der Waals surface area contributed by atoms with E-state index < -0.39 is 0 Å². The summed E-state index contributed by atoms with van der Waals surface area (Å²) in [7, 11) is 0. The number of nitrogens with one attached hydrogen (secondary N) is 2. The molecule has 0 saturated carbocycles. The van der Waals surface area contributed by atoms with Gasteiger partial charge >= 0.3 is 6.03 Å². The molecule has 0 fully saturated rings. The Morgan fingerprint density at radius 3 is 2.83 bits per heavy atom. The van der Waals surface area contributed by atoms with E-state index in [4.69, 9.17) is 11.6 Å². The monoisotopic (exact) mass is 344 g/mol. The zero-order valence-corrected chi connectivity index (χ0v) is 12.4. The normalized spacial score (nSPS) is 10.1. The highest BCUT2D eigenvalue weighted by Crippen LogP contribution is 2.21. The highest BCUT2D eigenvalue weighted by Gasteiger charge is 2.03. The fraction of sp³-hybridized carbons (Fsp3) is 0.0833. The third-order valence-corrected chi connectivity index (χ3v) is 3.99. The van der Waals surface area contributed by atoms with E-state index in [0.29, 0.717) is 17.3 Å². The van der Waals surface area contributed by atoms with Crippen LogP contribution in [0.25, 0.3) is 0 Å². The molecule has 0 aliphatic heterocycles. The molecule has 0 aliphatic carbocycles. The maximum Gasteiger partial charge on any atom is 0.319 e. The average Bonchev–Trinajstić information content (AvgIpc) is 2.73. The van der Waals surface area contributed by atoms with Gasteiger partial charge in [0.05, 0.1) is 10.3 Å². The molecule has 0 aliphatic rings. The summed E-state index contributed by atoms with van der Waals surface area (Å²) < 4.78 is 1.05. The van der Waals surface area contributed by atoms with Gasteiger partial charge in [-0.2, -0.15) is 0 Å². The minimum atomic E-state index is -0.248. The predicted molar refractivity (Wildman–Crippen MR) is 79.3 cm³/mol. The fourth-order valence-corrected chi connectivity index (χ4v) is 2.97. The summed E-state index contributed by atoms with van der Waals surface area (Å²) >= 11 is 10.8. The zero-order valence-electron chi connectivity index (χ0n) is 9.24. The van der Waals surface area contributed by atoms with Crippen LogP contribution in [0.15, 0.2) is 40.2 Å². The molecule has 2 N–H and O–H groups in total. The Balaban J connectivity index is 1.85. The predicted octanol–water partition coefficient (Wildman–Crippen LogP) is 4.49. The van der Waals surface area contributed by atoms with E-state index in [1.165, 1.54) is 0 Å². The van der Waals surface area contributed by atoms with E-state index in [0.717, 1.165) is 8.66 Å². The second kappa shape index (κ2) is 6.22. The van der Waals surface area contributed by atoms with Crippen molar-refractivity contribution in [2.75, 3.05) is 5.32 Å². The van der Waals surface area contributed by atoms with Gasteiger partial charge in [0.2, 0.25) is 0 Å². The van der Waals surface area contributed by atoms with Gasteiger partial charge in [-0.15, -0.1) is 11.3 Å². The van der Waals surface area contributed by atoms with Crippen molar-refractivity contribution in [1.82, 2.24) is 5.32 Å². The maximum atomic E-state index is 11.6. The Labute approximate surface area is 122 Å². The number of anilines is 1. The first-order valence-corrected chi connectivity index (χ1v) is 7.17. The average molecular weight is 346 g/mol. The van der Waals surface area contributed by atoms with Crippen LogP contribution in [0, 0.1) is 0 Å². The fourth-order valence-electron chi connectivity index (χ4n) is 1.36. The standard InChI is InChI=1S/C12H10BrClN2OS/c13-11-5-4-10(18-11)7-15-12(17)16-9-3-1-2-8(14)6-9/h1-6H,7H2,(H2,15,16,17). The molecule has 1 heterocycles. The molecule has 1 aromatic carbocycles. The van der Waals surface area contributed by atoms with E-state index in [2.05, 4.69) is 26.6 Å². The number of carbonyl (C=O) groups excluding carboxylic acids is 1. The topological polar surface area (TPSA) is 41.1 Å². The van der Waals surface area contributed by atoms with Gasteiger partial charge < -0.3 is 10.6 Å². The number of hydrogen-bond acceptors (Lipinski definition) is 2. The summed E-state index contributed by atoms with van der Waals surface area (Å²) in [5.41, 5.74) is 0.673. The minimum absolute atomic E-state index is 0.248. The lowest BCUT2D eigenvalue weighted by atomic mass is 10.3. The van der Waals surface area contributed by atoms with Crippen LogP contribution in [0.1, 0.15) is 4.88 Å². The summed E-state index contributed by atoms with van der Waals surface area (Å²) in [6.45, 7) is 0.503. The SMILES string of the molecule is O=C(NCc1ccc(Br)s1)Nc1cccc(Cl)c1. The van der Waals surface area contributed by atoms with Crippen molar-refractivity contribution < 1.29 is 4.79 Å². The molecule has 0 spiro atoms. The molecule has 1 aromatic heterocycles. The molecule has 2 rings (SSSR count). The molecular formula is C12H10BrClN2OS. The van der Waals surface area contributed by atoms with Gasteiger partial charge in [-0.25, -0.2) is 4.79 Å². The molecule has 0 bridgehead atoms. The molecule has 94 valence electrons. The van der Waals surface area contributed by atoms with Crippen LogP contribution in [0.3, 0.4) is 0 Å². The van der Waals surface area contributed by atoms with E-state index >= 15 is 0 Å². The zero-order chi connectivity index (χ0) is 13.0. The number of thiophene rings is 1. The summed E-state index contributed by atoms with van der Waals surface area (Å²) in [5.74, 6) is 0. The van der Waals surface area contributed by atoms with Gasteiger partial charge in [0.25, 0.3) is 0 Å². The Bertz CT molecular complexity index is 559. The highest BCUT2D eigenvalue weighted by atomic mass is 79.9. The number of halogens is 2. The van der Waals surface area contributed by atoms with Crippen LogP contribution < -0.4 is 10.6 Å². The number of benzene rings is 1. The van der Waals surface area contributed by atoms with Gasteiger partial charge in [-0.05, 0) is 46.3 Å². The second-order valence-electron chi connectivity index (χ2n) is 3.52. The number of amides is 2. The first-order valence-electron chi connectivity index (χ1n) is 5.18. The Morgan fingerprint density at radius 2 is 2.17 bits per heavy atom. The number of carbonyl (C=O) groups is 1. The van der Waals surface area contributed by atoms with Gasteiger partial charge in [-0.3, -0.25) is 0 Å². The number of urea groups is 1. The van der Waals surface area contributed by atoms with Crippen LogP contribution in [-0.4, -0.2) is 6.03 Å². The Kier molecular flexibility index (Phi) is 4.63. The van der Waals surface area contributed by atoms with Crippen LogP contribution in [0.4, 0.5) is 10.5 Å². The molecule has 18 heavy (non-hydrogen) atoms. The Morgan fingerprint density at radius 1 is 1.33 bits per heavy atom. The largest absolute Gasteiger partial charge is 0.333 e. The maximum absolute atomic E-state index is 11.6. The molecule has 0 atom stereocenters.